The number of aromatic nitrogens is 1. The number of aliphatic carboxylic acids is 1. The standard InChI is InChI=1S/C13H20N2O2S/c1-9-10(2)18-12(14-9)8-15-6-5-11(7-15)3-4-13(16)17/h11H,3-8H2,1-2H3,(H,16,17). The van der Waals surface area contributed by atoms with E-state index >= 15 is 0 Å². The van der Waals surface area contributed by atoms with Gasteiger partial charge in [0.05, 0.1) is 12.2 Å². The first-order chi connectivity index (χ1) is 8.54. The SMILES string of the molecule is Cc1nc(CN2CCC(CCC(=O)O)C2)sc1C. The Balaban J connectivity index is 1.80. The molecule has 1 aliphatic heterocycles. The molecule has 1 unspecified atom stereocenters. The highest BCUT2D eigenvalue weighted by atomic mass is 32.1. The summed E-state index contributed by atoms with van der Waals surface area (Å²) < 4.78 is 0. The molecule has 0 bridgehead atoms. The summed E-state index contributed by atoms with van der Waals surface area (Å²) in [6.07, 6.45) is 2.23. The summed E-state index contributed by atoms with van der Waals surface area (Å²) in [5, 5.41) is 9.87. The van der Waals surface area contributed by atoms with E-state index in [2.05, 4.69) is 23.7 Å². The lowest BCUT2D eigenvalue weighted by molar-refractivity contribution is -0.137. The Hall–Kier alpha value is -0.940. The lowest BCUT2D eigenvalue weighted by atomic mass is 10.0. The van der Waals surface area contributed by atoms with Gasteiger partial charge in [0.25, 0.3) is 0 Å². The smallest absolute Gasteiger partial charge is 0.303 e. The van der Waals surface area contributed by atoms with Gasteiger partial charge in [-0.05, 0) is 39.2 Å². The Labute approximate surface area is 112 Å². The minimum atomic E-state index is -0.681. The molecule has 0 aromatic carbocycles. The average Bonchev–Trinajstić information content (AvgIpc) is 2.85. The second-order valence-corrected chi connectivity index (χ2v) is 6.36. The molecule has 1 aliphatic rings. The molecule has 0 radical (unpaired) electrons. The van der Waals surface area contributed by atoms with E-state index in [9.17, 15) is 4.79 Å². The summed E-state index contributed by atoms with van der Waals surface area (Å²) in [5.74, 6) is -0.136. The molecule has 100 valence electrons. The van der Waals surface area contributed by atoms with Crippen LogP contribution in [-0.2, 0) is 11.3 Å². The molecule has 1 saturated heterocycles. The van der Waals surface area contributed by atoms with E-state index in [0.29, 0.717) is 12.3 Å². The maximum Gasteiger partial charge on any atom is 0.303 e. The van der Waals surface area contributed by atoms with E-state index in [0.717, 1.165) is 38.2 Å². The first kappa shape index (κ1) is 13.5. The number of hydrogen-bond donors (Lipinski definition) is 1. The third-order valence-electron chi connectivity index (χ3n) is 3.57. The molecule has 4 nitrogen and oxygen atoms in total. The second-order valence-electron chi connectivity index (χ2n) is 5.07. The minimum absolute atomic E-state index is 0.300. The van der Waals surface area contributed by atoms with Crippen molar-refractivity contribution in [1.82, 2.24) is 9.88 Å². The van der Waals surface area contributed by atoms with Crippen LogP contribution < -0.4 is 0 Å². The van der Waals surface area contributed by atoms with Gasteiger partial charge in [-0.15, -0.1) is 11.3 Å². The Morgan fingerprint density at radius 3 is 2.94 bits per heavy atom. The molecule has 18 heavy (non-hydrogen) atoms. The fraction of sp³-hybridized carbons (Fsp3) is 0.692. The predicted molar refractivity (Wildman–Crippen MR) is 71.8 cm³/mol. The van der Waals surface area contributed by atoms with Crippen LogP contribution in [0.1, 0.15) is 34.8 Å². The van der Waals surface area contributed by atoms with Gasteiger partial charge in [0.2, 0.25) is 0 Å². The Bertz CT molecular complexity index is 411. The molecule has 5 heteroatoms. The number of hydrogen-bond acceptors (Lipinski definition) is 4. The molecule has 1 fully saturated rings. The van der Waals surface area contributed by atoms with Crippen molar-refractivity contribution < 1.29 is 9.90 Å². The van der Waals surface area contributed by atoms with Gasteiger partial charge in [0, 0.05) is 17.8 Å². The Kier molecular flexibility index (Phi) is 4.35. The molecule has 1 aromatic rings. The lowest BCUT2D eigenvalue weighted by Crippen LogP contribution is -2.20. The summed E-state index contributed by atoms with van der Waals surface area (Å²) in [6.45, 7) is 7.17. The van der Waals surface area contributed by atoms with Crippen molar-refractivity contribution in [1.29, 1.82) is 0 Å². The van der Waals surface area contributed by atoms with Crippen LogP contribution in [0, 0.1) is 19.8 Å². The molecule has 2 rings (SSSR count). The van der Waals surface area contributed by atoms with E-state index in [-0.39, 0.29) is 0 Å². The zero-order valence-electron chi connectivity index (χ0n) is 11.0. The zero-order chi connectivity index (χ0) is 13.1. The molecule has 2 heterocycles. The lowest BCUT2D eigenvalue weighted by Gasteiger charge is -2.13. The Morgan fingerprint density at radius 1 is 1.56 bits per heavy atom. The number of carboxylic acids is 1. The Morgan fingerprint density at radius 2 is 2.33 bits per heavy atom. The maximum absolute atomic E-state index is 10.5. The number of aryl methyl sites for hydroxylation is 2. The van der Waals surface area contributed by atoms with Crippen molar-refractivity contribution in [3.8, 4) is 0 Å². The topological polar surface area (TPSA) is 53.4 Å². The van der Waals surface area contributed by atoms with Crippen LogP contribution in [0.4, 0.5) is 0 Å². The summed E-state index contributed by atoms with van der Waals surface area (Å²) in [5.41, 5.74) is 1.14. The first-order valence-electron chi connectivity index (χ1n) is 6.41. The highest BCUT2D eigenvalue weighted by Crippen LogP contribution is 2.24. The number of nitrogens with zero attached hydrogens (tertiary/aromatic N) is 2. The summed E-state index contributed by atoms with van der Waals surface area (Å²) in [7, 11) is 0. The number of likely N-dealkylation sites (tertiary alicyclic amines) is 1. The van der Waals surface area contributed by atoms with Crippen molar-refractivity contribution in [3.05, 3.63) is 15.6 Å². The number of rotatable bonds is 5. The molecule has 1 aromatic heterocycles. The molecular weight excluding hydrogens is 248 g/mol. The molecule has 1 atom stereocenters. The van der Waals surface area contributed by atoms with Crippen LogP contribution in [0.3, 0.4) is 0 Å². The van der Waals surface area contributed by atoms with Gasteiger partial charge >= 0.3 is 5.97 Å². The van der Waals surface area contributed by atoms with Gasteiger partial charge in [-0.1, -0.05) is 0 Å². The molecular formula is C13H20N2O2S. The minimum Gasteiger partial charge on any atom is -0.481 e. The highest BCUT2D eigenvalue weighted by molar-refractivity contribution is 7.11. The van der Waals surface area contributed by atoms with Gasteiger partial charge in [0.1, 0.15) is 5.01 Å². The van der Waals surface area contributed by atoms with Crippen LogP contribution >= 0.6 is 11.3 Å². The van der Waals surface area contributed by atoms with Crippen molar-refractivity contribution in [2.75, 3.05) is 13.1 Å². The van der Waals surface area contributed by atoms with Gasteiger partial charge in [-0.25, -0.2) is 4.98 Å². The summed E-state index contributed by atoms with van der Waals surface area (Å²) >= 11 is 1.77. The molecule has 1 N–H and O–H groups in total. The molecule has 0 spiro atoms. The highest BCUT2D eigenvalue weighted by Gasteiger charge is 2.23. The van der Waals surface area contributed by atoms with Crippen LogP contribution in [0.5, 0.6) is 0 Å². The van der Waals surface area contributed by atoms with Crippen molar-refractivity contribution in [2.24, 2.45) is 5.92 Å². The van der Waals surface area contributed by atoms with Crippen LogP contribution in [0.25, 0.3) is 0 Å². The van der Waals surface area contributed by atoms with Gasteiger partial charge < -0.3 is 5.11 Å². The maximum atomic E-state index is 10.5. The second kappa shape index (κ2) is 5.80. The normalized spacial score (nSPS) is 20.4. The van der Waals surface area contributed by atoms with Crippen molar-refractivity contribution >= 4 is 17.3 Å². The molecule has 0 amide bonds. The van der Waals surface area contributed by atoms with Gasteiger partial charge in [-0.2, -0.15) is 0 Å². The van der Waals surface area contributed by atoms with Crippen molar-refractivity contribution in [2.45, 2.75) is 39.7 Å². The van der Waals surface area contributed by atoms with Gasteiger partial charge in [0.15, 0.2) is 0 Å². The predicted octanol–water partition coefficient (Wildman–Crippen LogP) is 2.45. The van der Waals surface area contributed by atoms with Crippen molar-refractivity contribution in [3.63, 3.8) is 0 Å². The van der Waals surface area contributed by atoms with E-state index in [1.807, 2.05) is 0 Å². The number of carboxylic acid groups (broad SMARTS) is 1. The zero-order valence-corrected chi connectivity index (χ0v) is 11.8. The fourth-order valence-corrected chi connectivity index (χ4v) is 3.39. The van der Waals surface area contributed by atoms with E-state index in [1.54, 1.807) is 11.3 Å². The number of carbonyl (C=O) groups is 1. The largest absolute Gasteiger partial charge is 0.481 e. The molecule has 0 saturated carbocycles. The van der Waals surface area contributed by atoms with E-state index < -0.39 is 5.97 Å². The fourth-order valence-electron chi connectivity index (χ4n) is 2.42. The van der Waals surface area contributed by atoms with Crippen LogP contribution in [-0.4, -0.2) is 34.0 Å². The van der Waals surface area contributed by atoms with E-state index in [1.165, 1.54) is 9.88 Å². The van der Waals surface area contributed by atoms with Gasteiger partial charge in [-0.3, -0.25) is 9.69 Å². The van der Waals surface area contributed by atoms with Crippen LogP contribution in [0.2, 0.25) is 0 Å². The average molecular weight is 268 g/mol. The van der Waals surface area contributed by atoms with E-state index in [4.69, 9.17) is 5.11 Å². The number of thiazole rings is 1. The van der Waals surface area contributed by atoms with Crippen LogP contribution in [0.15, 0.2) is 0 Å². The molecule has 0 aliphatic carbocycles. The first-order valence-corrected chi connectivity index (χ1v) is 7.23. The monoisotopic (exact) mass is 268 g/mol. The third-order valence-corrected chi connectivity index (χ3v) is 4.63. The third kappa shape index (κ3) is 3.53. The summed E-state index contributed by atoms with van der Waals surface area (Å²) in [4.78, 5) is 18.8. The summed E-state index contributed by atoms with van der Waals surface area (Å²) in [6, 6.07) is 0. The quantitative estimate of drug-likeness (QED) is 0.891.